The van der Waals surface area contributed by atoms with Crippen molar-refractivity contribution in [3.63, 3.8) is 0 Å². The lowest BCUT2D eigenvalue weighted by molar-refractivity contribution is 0.185. The number of imidazole rings is 1. The zero-order valence-corrected chi connectivity index (χ0v) is 12.0. The minimum atomic E-state index is 0.575. The van der Waals surface area contributed by atoms with Crippen LogP contribution in [-0.2, 0) is 17.9 Å². The van der Waals surface area contributed by atoms with E-state index >= 15 is 0 Å². The number of rotatable bonds is 5. The van der Waals surface area contributed by atoms with E-state index in [1.165, 1.54) is 0 Å². The maximum absolute atomic E-state index is 5.22. The van der Waals surface area contributed by atoms with Crippen LogP contribution in [0, 0.1) is 6.92 Å². The number of aromatic nitrogens is 2. The molecule has 2 aromatic rings. The smallest absolute Gasteiger partial charge is 0.103 e. The average molecular weight is 310 g/mol. The molecule has 0 saturated carbocycles. The van der Waals surface area contributed by atoms with Crippen molar-refractivity contribution in [1.29, 1.82) is 0 Å². The molecule has 1 heterocycles. The van der Waals surface area contributed by atoms with Gasteiger partial charge in [0.1, 0.15) is 5.82 Å². The van der Waals surface area contributed by atoms with E-state index in [-0.39, 0.29) is 0 Å². The lowest BCUT2D eigenvalue weighted by Crippen LogP contribution is -2.04. The van der Waals surface area contributed by atoms with Crippen LogP contribution in [0.5, 0.6) is 0 Å². The molecule has 0 saturated heterocycles. The Balaban J connectivity index is 2.11. The summed E-state index contributed by atoms with van der Waals surface area (Å²) in [4.78, 5) is 7.37. The van der Waals surface area contributed by atoms with Crippen LogP contribution in [0.2, 0.25) is 0 Å². The fourth-order valence-electron chi connectivity index (χ4n) is 1.77. The first-order valence-electron chi connectivity index (χ1n) is 5.71. The summed E-state index contributed by atoms with van der Waals surface area (Å²) in [6.45, 7) is 3.23. The van der Waals surface area contributed by atoms with Crippen molar-refractivity contribution in [2.24, 2.45) is 0 Å². The van der Waals surface area contributed by atoms with Gasteiger partial charge in [0.15, 0.2) is 0 Å². The molecule has 2 rings (SSSR count). The molecule has 0 radical (unpaired) electrons. The van der Waals surface area contributed by atoms with Gasteiger partial charge in [-0.05, 0) is 19.1 Å². The molecule has 5 heteroatoms. The molecule has 0 aliphatic rings. The summed E-state index contributed by atoms with van der Waals surface area (Å²) < 4.78 is 6.27. The summed E-state index contributed by atoms with van der Waals surface area (Å²) in [6.07, 6.45) is 1.84. The Kier molecular flexibility index (Phi) is 4.38. The van der Waals surface area contributed by atoms with Gasteiger partial charge in [0.25, 0.3) is 0 Å². The molecule has 0 unspecified atom stereocenters. The second kappa shape index (κ2) is 6.02. The van der Waals surface area contributed by atoms with Crippen LogP contribution in [-0.4, -0.2) is 17.1 Å². The normalized spacial score (nSPS) is 10.6. The molecule has 96 valence electrons. The van der Waals surface area contributed by atoms with E-state index in [2.05, 4.69) is 31.2 Å². The Hall–Kier alpha value is -1.33. The zero-order valence-electron chi connectivity index (χ0n) is 10.5. The standard InChI is InChI=1S/C13H16BrN3O/c1-9-15-6-10(17-9)7-16-13-5-3-4-12(14)11(13)8-18-2/h3-6,16H,7-8H2,1-2H3,(H,15,17). The van der Waals surface area contributed by atoms with Crippen LogP contribution in [0.3, 0.4) is 0 Å². The largest absolute Gasteiger partial charge is 0.380 e. The lowest BCUT2D eigenvalue weighted by atomic mass is 10.2. The maximum Gasteiger partial charge on any atom is 0.103 e. The van der Waals surface area contributed by atoms with E-state index in [1.807, 2.05) is 31.3 Å². The quantitative estimate of drug-likeness (QED) is 0.891. The second-order valence-corrected chi connectivity index (χ2v) is 4.90. The zero-order chi connectivity index (χ0) is 13.0. The SMILES string of the molecule is COCc1c(Br)cccc1NCc1cnc(C)[nH]1. The van der Waals surface area contributed by atoms with E-state index in [9.17, 15) is 0 Å². The molecular formula is C13H16BrN3O. The van der Waals surface area contributed by atoms with Gasteiger partial charge in [-0.1, -0.05) is 22.0 Å². The predicted molar refractivity (Wildman–Crippen MR) is 75.5 cm³/mol. The molecular weight excluding hydrogens is 294 g/mol. The van der Waals surface area contributed by atoms with Gasteiger partial charge in [-0.25, -0.2) is 4.98 Å². The van der Waals surface area contributed by atoms with Gasteiger partial charge in [-0.3, -0.25) is 0 Å². The number of anilines is 1. The fraction of sp³-hybridized carbons (Fsp3) is 0.308. The molecule has 1 aromatic carbocycles. The van der Waals surface area contributed by atoms with Crippen molar-refractivity contribution < 1.29 is 4.74 Å². The molecule has 1 aromatic heterocycles. The first-order valence-corrected chi connectivity index (χ1v) is 6.50. The molecule has 2 N–H and O–H groups in total. The van der Waals surface area contributed by atoms with Crippen molar-refractivity contribution in [2.75, 3.05) is 12.4 Å². The molecule has 0 spiro atoms. The predicted octanol–water partition coefficient (Wildman–Crippen LogP) is 3.24. The van der Waals surface area contributed by atoms with Crippen molar-refractivity contribution in [3.05, 3.63) is 46.0 Å². The number of halogens is 1. The highest BCUT2D eigenvalue weighted by molar-refractivity contribution is 9.10. The Morgan fingerprint density at radius 1 is 1.44 bits per heavy atom. The summed E-state index contributed by atoms with van der Waals surface area (Å²) in [7, 11) is 1.70. The Bertz CT molecular complexity index is 525. The highest BCUT2D eigenvalue weighted by Gasteiger charge is 2.06. The molecule has 0 bridgehead atoms. The molecule has 18 heavy (non-hydrogen) atoms. The third kappa shape index (κ3) is 3.11. The summed E-state index contributed by atoms with van der Waals surface area (Å²) in [5, 5.41) is 3.39. The summed E-state index contributed by atoms with van der Waals surface area (Å²) in [5.41, 5.74) is 3.26. The minimum Gasteiger partial charge on any atom is -0.380 e. The maximum atomic E-state index is 5.22. The Morgan fingerprint density at radius 3 is 2.94 bits per heavy atom. The van der Waals surface area contributed by atoms with Crippen molar-refractivity contribution in [3.8, 4) is 0 Å². The van der Waals surface area contributed by atoms with Crippen molar-refractivity contribution in [2.45, 2.75) is 20.1 Å². The van der Waals surface area contributed by atoms with E-state index < -0.39 is 0 Å². The lowest BCUT2D eigenvalue weighted by Gasteiger charge is -2.12. The first kappa shape index (κ1) is 13.1. The number of nitrogens with zero attached hydrogens (tertiary/aromatic N) is 1. The highest BCUT2D eigenvalue weighted by atomic mass is 79.9. The van der Waals surface area contributed by atoms with E-state index in [0.29, 0.717) is 13.2 Å². The number of H-pyrrole nitrogens is 1. The molecule has 0 aliphatic heterocycles. The topological polar surface area (TPSA) is 49.9 Å². The van der Waals surface area contributed by atoms with Crippen LogP contribution in [0.15, 0.2) is 28.9 Å². The number of ether oxygens (including phenoxy) is 1. The van der Waals surface area contributed by atoms with Crippen molar-refractivity contribution in [1.82, 2.24) is 9.97 Å². The summed E-state index contributed by atoms with van der Waals surface area (Å²) >= 11 is 3.54. The van der Waals surface area contributed by atoms with Gasteiger partial charge in [-0.15, -0.1) is 0 Å². The highest BCUT2D eigenvalue weighted by Crippen LogP contribution is 2.25. The first-order chi connectivity index (χ1) is 8.70. The summed E-state index contributed by atoms with van der Waals surface area (Å²) in [6, 6.07) is 6.06. The van der Waals surface area contributed by atoms with Crippen LogP contribution < -0.4 is 5.32 Å². The number of methoxy groups -OCH3 is 1. The van der Waals surface area contributed by atoms with Gasteiger partial charge < -0.3 is 15.0 Å². The van der Waals surface area contributed by atoms with Gasteiger partial charge >= 0.3 is 0 Å². The Morgan fingerprint density at radius 2 is 2.28 bits per heavy atom. The van der Waals surface area contributed by atoms with E-state index in [4.69, 9.17) is 4.74 Å². The van der Waals surface area contributed by atoms with Crippen LogP contribution >= 0.6 is 15.9 Å². The molecule has 4 nitrogen and oxygen atoms in total. The Labute approximate surface area is 115 Å². The number of hydrogen-bond donors (Lipinski definition) is 2. The number of aryl methyl sites for hydroxylation is 1. The van der Waals surface area contributed by atoms with Gasteiger partial charge in [0.2, 0.25) is 0 Å². The number of aromatic amines is 1. The third-order valence-corrected chi connectivity index (χ3v) is 3.38. The molecule has 0 fully saturated rings. The average Bonchev–Trinajstić information content (AvgIpc) is 2.76. The van der Waals surface area contributed by atoms with E-state index in [0.717, 1.165) is 27.2 Å². The van der Waals surface area contributed by atoms with Crippen LogP contribution in [0.25, 0.3) is 0 Å². The fourth-order valence-corrected chi connectivity index (χ4v) is 2.25. The second-order valence-electron chi connectivity index (χ2n) is 4.05. The summed E-state index contributed by atoms with van der Waals surface area (Å²) in [5.74, 6) is 0.929. The third-order valence-electron chi connectivity index (χ3n) is 2.63. The molecule has 0 atom stereocenters. The van der Waals surface area contributed by atoms with Crippen LogP contribution in [0.1, 0.15) is 17.1 Å². The molecule has 0 amide bonds. The number of nitrogens with one attached hydrogen (secondary N) is 2. The monoisotopic (exact) mass is 309 g/mol. The van der Waals surface area contributed by atoms with Gasteiger partial charge in [-0.2, -0.15) is 0 Å². The van der Waals surface area contributed by atoms with Gasteiger partial charge in [0, 0.05) is 22.8 Å². The van der Waals surface area contributed by atoms with Crippen molar-refractivity contribution >= 4 is 21.6 Å². The number of benzene rings is 1. The van der Waals surface area contributed by atoms with Crippen LogP contribution in [0.4, 0.5) is 5.69 Å². The van der Waals surface area contributed by atoms with E-state index in [1.54, 1.807) is 7.11 Å². The molecule has 0 aliphatic carbocycles. The number of hydrogen-bond acceptors (Lipinski definition) is 3. The minimum absolute atomic E-state index is 0.575. The van der Waals surface area contributed by atoms with Gasteiger partial charge in [0.05, 0.1) is 25.0 Å².